The van der Waals surface area contributed by atoms with E-state index in [1.165, 1.54) is 13.2 Å². The Kier molecular flexibility index (Phi) is 3.02. The minimum absolute atomic E-state index is 0.0310. The van der Waals surface area contributed by atoms with Crippen LogP contribution < -0.4 is 10.5 Å². The summed E-state index contributed by atoms with van der Waals surface area (Å²) in [7, 11) is 1.46. The summed E-state index contributed by atoms with van der Waals surface area (Å²) >= 11 is 4.10. The number of thiol groups is 1. The Labute approximate surface area is 81.5 Å². The summed E-state index contributed by atoms with van der Waals surface area (Å²) in [6, 6.07) is 3.01. The van der Waals surface area contributed by atoms with Gasteiger partial charge in [-0.2, -0.15) is 0 Å². The molecule has 0 spiro atoms. The number of ether oxygens (including phenoxy) is 1. The van der Waals surface area contributed by atoms with Gasteiger partial charge in [0.1, 0.15) is 0 Å². The van der Waals surface area contributed by atoms with Crippen molar-refractivity contribution in [3.8, 4) is 11.5 Å². The molecule has 0 aliphatic rings. The maximum atomic E-state index is 9.33. The fraction of sp³-hybridized carbons (Fsp3) is 0.125. The summed E-state index contributed by atoms with van der Waals surface area (Å²) in [6.45, 7) is 0. The number of phenols is 1. The van der Waals surface area contributed by atoms with Crippen LogP contribution in [0.5, 0.6) is 11.5 Å². The molecule has 1 aromatic carbocycles. The Hall–Kier alpha value is -1.36. The number of phenolic OH excluding ortho intramolecular Hbond substituents is 1. The normalized spacial score (nSPS) is 10.6. The van der Waals surface area contributed by atoms with Crippen LogP contribution in [0.4, 0.5) is 5.69 Å². The van der Waals surface area contributed by atoms with Crippen molar-refractivity contribution in [2.24, 2.45) is 10.7 Å². The summed E-state index contributed by atoms with van der Waals surface area (Å²) in [5.41, 5.74) is 5.69. The van der Waals surface area contributed by atoms with Crippen LogP contribution in [0.1, 0.15) is 0 Å². The lowest BCUT2D eigenvalue weighted by Gasteiger charge is -2.05. The molecule has 0 bridgehead atoms. The van der Waals surface area contributed by atoms with Crippen LogP contribution in [-0.4, -0.2) is 18.6 Å². The third-order valence-electron chi connectivity index (χ3n) is 1.49. The molecule has 1 rings (SSSR count). The average molecular weight is 198 g/mol. The molecule has 0 aliphatic heterocycles. The van der Waals surface area contributed by atoms with Gasteiger partial charge >= 0.3 is 0 Å². The number of rotatable bonds is 2. The molecule has 13 heavy (non-hydrogen) atoms. The second-order valence-corrected chi connectivity index (χ2v) is 2.77. The van der Waals surface area contributed by atoms with Gasteiger partial charge in [-0.1, -0.05) is 0 Å². The highest BCUT2D eigenvalue weighted by molar-refractivity contribution is 7.80. The number of nitrogens with two attached hydrogens (primary N) is 1. The predicted octanol–water partition coefficient (Wildman–Crippen LogP) is 1.31. The largest absolute Gasteiger partial charge is 0.504 e. The highest BCUT2D eigenvalue weighted by atomic mass is 32.1. The van der Waals surface area contributed by atoms with E-state index in [1.54, 1.807) is 6.07 Å². The Bertz CT molecular complexity index is 339. The Morgan fingerprint density at radius 1 is 1.62 bits per heavy atom. The quantitative estimate of drug-likeness (QED) is 0.381. The van der Waals surface area contributed by atoms with Gasteiger partial charge in [0.25, 0.3) is 0 Å². The van der Waals surface area contributed by atoms with Crippen LogP contribution in [0, 0.1) is 0 Å². The molecule has 0 amide bonds. The highest BCUT2D eigenvalue weighted by Crippen LogP contribution is 2.35. The molecular formula is C8H10N2O2S. The minimum atomic E-state index is 0.0310. The average Bonchev–Trinajstić information content (AvgIpc) is 2.10. The van der Waals surface area contributed by atoms with Crippen LogP contribution in [0.3, 0.4) is 0 Å². The standard InChI is InChI=1S/C8H10N2O2S/c1-12-7-2-5(10-4-9)8(13)3-6(7)11/h2-4,11,13H,1H3,(H2,9,10). The molecule has 0 aromatic heterocycles. The van der Waals surface area contributed by atoms with E-state index in [-0.39, 0.29) is 5.75 Å². The van der Waals surface area contributed by atoms with E-state index in [9.17, 15) is 5.11 Å². The number of hydrogen-bond acceptors (Lipinski definition) is 4. The maximum absolute atomic E-state index is 9.33. The van der Waals surface area contributed by atoms with E-state index in [4.69, 9.17) is 10.5 Å². The van der Waals surface area contributed by atoms with Gasteiger partial charge in [0.15, 0.2) is 11.5 Å². The van der Waals surface area contributed by atoms with Crippen molar-refractivity contribution in [3.05, 3.63) is 12.1 Å². The number of methoxy groups -OCH3 is 1. The predicted molar refractivity (Wildman–Crippen MR) is 54.3 cm³/mol. The van der Waals surface area contributed by atoms with Gasteiger partial charge in [-0.15, -0.1) is 12.6 Å². The smallest absolute Gasteiger partial charge is 0.162 e. The molecule has 4 nitrogen and oxygen atoms in total. The van der Waals surface area contributed by atoms with Crippen LogP contribution in [-0.2, 0) is 0 Å². The van der Waals surface area contributed by atoms with E-state index in [0.717, 1.165) is 6.34 Å². The Morgan fingerprint density at radius 3 is 2.85 bits per heavy atom. The lowest BCUT2D eigenvalue weighted by atomic mass is 10.3. The fourth-order valence-electron chi connectivity index (χ4n) is 0.894. The lowest BCUT2D eigenvalue weighted by molar-refractivity contribution is 0.373. The van der Waals surface area contributed by atoms with Gasteiger partial charge in [-0.3, -0.25) is 0 Å². The molecule has 0 fully saturated rings. The zero-order valence-electron chi connectivity index (χ0n) is 7.06. The van der Waals surface area contributed by atoms with E-state index in [0.29, 0.717) is 16.3 Å². The summed E-state index contributed by atoms with van der Waals surface area (Å²) in [4.78, 5) is 4.38. The molecule has 0 radical (unpaired) electrons. The van der Waals surface area contributed by atoms with Crippen LogP contribution >= 0.6 is 12.6 Å². The number of aliphatic imine (C=N–C) groups is 1. The Morgan fingerprint density at radius 2 is 2.31 bits per heavy atom. The first-order valence-corrected chi connectivity index (χ1v) is 3.98. The molecule has 5 heteroatoms. The van der Waals surface area contributed by atoms with Crippen molar-refractivity contribution in [3.63, 3.8) is 0 Å². The molecule has 0 saturated heterocycles. The molecule has 0 saturated carbocycles. The zero-order chi connectivity index (χ0) is 9.84. The van der Waals surface area contributed by atoms with Gasteiger partial charge in [-0.05, 0) is 6.07 Å². The zero-order valence-corrected chi connectivity index (χ0v) is 7.95. The second-order valence-electron chi connectivity index (χ2n) is 2.29. The molecule has 0 aliphatic carbocycles. The van der Waals surface area contributed by atoms with Crippen molar-refractivity contribution < 1.29 is 9.84 Å². The SMILES string of the molecule is COc1cc(N=CN)c(S)cc1O. The summed E-state index contributed by atoms with van der Waals surface area (Å²) in [5, 5.41) is 9.33. The van der Waals surface area contributed by atoms with E-state index < -0.39 is 0 Å². The van der Waals surface area contributed by atoms with Crippen LogP contribution in [0.15, 0.2) is 22.0 Å². The van der Waals surface area contributed by atoms with Crippen LogP contribution in [0.2, 0.25) is 0 Å². The van der Waals surface area contributed by atoms with E-state index in [1.807, 2.05) is 0 Å². The third kappa shape index (κ3) is 2.06. The minimum Gasteiger partial charge on any atom is -0.504 e. The van der Waals surface area contributed by atoms with Gasteiger partial charge in [0, 0.05) is 11.0 Å². The highest BCUT2D eigenvalue weighted by Gasteiger charge is 2.05. The van der Waals surface area contributed by atoms with Gasteiger partial charge in [-0.25, -0.2) is 4.99 Å². The molecule has 0 unspecified atom stereocenters. The third-order valence-corrected chi connectivity index (χ3v) is 1.85. The summed E-state index contributed by atoms with van der Waals surface area (Å²) in [5.74, 6) is 0.377. The first-order valence-electron chi connectivity index (χ1n) is 3.53. The van der Waals surface area contributed by atoms with Crippen molar-refractivity contribution >= 4 is 24.7 Å². The first kappa shape index (κ1) is 9.73. The number of hydrogen-bond donors (Lipinski definition) is 3. The van der Waals surface area contributed by atoms with Gasteiger partial charge in [0.05, 0.1) is 19.1 Å². The summed E-state index contributed by atoms with van der Waals surface area (Å²) < 4.78 is 4.89. The fourth-order valence-corrected chi connectivity index (χ4v) is 1.14. The summed E-state index contributed by atoms with van der Waals surface area (Å²) in [6.07, 6.45) is 1.16. The van der Waals surface area contributed by atoms with E-state index >= 15 is 0 Å². The van der Waals surface area contributed by atoms with Gasteiger partial charge in [0.2, 0.25) is 0 Å². The van der Waals surface area contributed by atoms with Crippen molar-refractivity contribution in [1.82, 2.24) is 0 Å². The monoisotopic (exact) mass is 198 g/mol. The Balaban J connectivity index is 3.22. The number of benzene rings is 1. The van der Waals surface area contributed by atoms with Crippen molar-refractivity contribution in [2.45, 2.75) is 4.90 Å². The molecule has 1 aromatic rings. The second kappa shape index (κ2) is 4.04. The number of aromatic hydroxyl groups is 1. The topological polar surface area (TPSA) is 67.8 Å². The van der Waals surface area contributed by atoms with Crippen LogP contribution in [0.25, 0.3) is 0 Å². The van der Waals surface area contributed by atoms with Crippen molar-refractivity contribution in [1.29, 1.82) is 0 Å². The molecule has 3 N–H and O–H groups in total. The number of nitrogens with zero attached hydrogens (tertiary/aromatic N) is 1. The van der Waals surface area contributed by atoms with E-state index in [2.05, 4.69) is 17.6 Å². The van der Waals surface area contributed by atoms with Gasteiger partial charge < -0.3 is 15.6 Å². The van der Waals surface area contributed by atoms with Crippen molar-refractivity contribution in [2.75, 3.05) is 7.11 Å². The maximum Gasteiger partial charge on any atom is 0.162 e. The first-order chi connectivity index (χ1) is 6.19. The molecule has 0 atom stereocenters. The molecule has 70 valence electrons. The molecular weight excluding hydrogens is 188 g/mol. The lowest BCUT2D eigenvalue weighted by Crippen LogP contribution is -1.88. The molecule has 0 heterocycles.